The maximum Gasteiger partial charge on any atom is 0.490 e. The molecule has 7 rings (SSSR count). The first kappa shape index (κ1) is 88.0. The number of esters is 1. The molecular weight excluding hydrogens is 1510 g/mol. The molecule has 9 N–H and O–H groups in total. The van der Waals surface area contributed by atoms with E-state index in [1.165, 1.54) is 61.9 Å². The Morgan fingerprint density at radius 2 is 1.58 bits per heavy atom. The summed E-state index contributed by atoms with van der Waals surface area (Å²) in [6, 6.07) is 14.4. The Bertz CT molecular complexity index is 3800. The largest absolute Gasteiger partial charge is 0.490 e. The third-order valence-electron chi connectivity index (χ3n) is 17.5. The molecule has 0 bridgehead atoms. The number of alkyl carbamates (subject to hydrolysis) is 1. The second kappa shape index (κ2) is 41.7. The molecule has 0 spiro atoms. The predicted molar refractivity (Wildman–Crippen MR) is 411 cm³/mol. The van der Waals surface area contributed by atoms with E-state index in [0.29, 0.717) is 75.9 Å². The SMILES string of the molecule is CCN1\C(=C/C=C/C=C/C2=[N+](CCCCCC(=O)NCCOCCOCCNC(=O)OCCC(C)(C)SSCOCCCCOC(=O)CCC#CC3=CN([C@H]4C[C@H](OCS(=S)CC)[C@@H](COP(=O)(O)OP(=O)(O)OP(=O)(O)O)O4)N4C=C(N)NC(=O)C34)c3ccc(C)cc3C2(C)C)C(C)(C)c2ccccc21. The van der Waals surface area contributed by atoms with Crippen LogP contribution in [0.15, 0.2) is 102 Å². The van der Waals surface area contributed by atoms with E-state index in [1.807, 2.05) is 6.92 Å². The molecular formula is C70H104N8O21P3S4+. The van der Waals surface area contributed by atoms with Gasteiger partial charge in [0.1, 0.15) is 24.4 Å². The highest BCUT2D eigenvalue weighted by atomic mass is 33.1. The lowest BCUT2D eigenvalue weighted by molar-refractivity contribution is -0.438. The van der Waals surface area contributed by atoms with Crippen molar-refractivity contribution in [3.8, 4) is 11.8 Å². The number of fused-ring (bicyclic) bond motifs is 3. The lowest BCUT2D eigenvalue weighted by Crippen LogP contribution is -2.54. The summed E-state index contributed by atoms with van der Waals surface area (Å²) in [4.78, 5) is 90.8. The van der Waals surface area contributed by atoms with Crippen molar-refractivity contribution in [1.82, 2.24) is 26.0 Å². The van der Waals surface area contributed by atoms with Crippen molar-refractivity contribution >= 4 is 107 Å². The Morgan fingerprint density at radius 1 is 0.849 bits per heavy atom. The van der Waals surface area contributed by atoms with Crippen molar-refractivity contribution in [2.75, 3.05) is 102 Å². The Balaban J connectivity index is 0.679. The van der Waals surface area contributed by atoms with Crippen molar-refractivity contribution < 1.29 is 103 Å². The first-order chi connectivity index (χ1) is 50.2. The number of phosphoric acid groups is 3. The minimum atomic E-state index is -5.79. The number of ether oxygens (including phenoxy) is 7. The van der Waals surface area contributed by atoms with Crippen LogP contribution in [-0.2, 0) is 106 Å². The van der Waals surface area contributed by atoms with E-state index >= 15 is 0 Å². The first-order valence-electron chi connectivity index (χ1n) is 35.3. The number of unbranched alkanes of at least 4 members (excludes halogenated alkanes) is 3. The topological polar surface area (TPSA) is 368 Å². The average Bonchev–Trinajstić information content (AvgIpc) is 1.61. The fourth-order valence-corrected chi connectivity index (χ4v) is 18.2. The Labute approximate surface area is 636 Å². The number of hydrogen-bond donors (Lipinski definition) is 8. The second-order valence-corrected chi connectivity index (χ2v) is 37.4. The summed E-state index contributed by atoms with van der Waals surface area (Å²) >= 11 is 5.40. The van der Waals surface area contributed by atoms with Gasteiger partial charge < -0.3 is 79.3 Å². The van der Waals surface area contributed by atoms with E-state index in [0.717, 1.165) is 32.4 Å². The lowest BCUT2D eigenvalue weighted by atomic mass is 9.81. The predicted octanol–water partition coefficient (Wildman–Crippen LogP) is 9.83. The van der Waals surface area contributed by atoms with Crippen LogP contribution in [0.3, 0.4) is 0 Å². The van der Waals surface area contributed by atoms with E-state index in [2.05, 4.69) is 174 Å². The number of carbonyl (C=O) groups is 4. The molecule has 0 saturated carbocycles. The van der Waals surface area contributed by atoms with Gasteiger partial charge in [0.2, 0.25) is 11.6 Å². The molecule has 2 aromatic rings. The molecule has 5 heterocycles. The Hall–Kier alpha value is -5.27. The molecule has 0 radical (unpaired) electrons. The molecule has 4 unspecified atom stereocenters. The van der Waals surface area contributed by atoms with Crippen molar-refractivity contribution in [3.63, 3.8) is 0 Å². The number of aryl methyl sites for hydroxylation is 1. The molecule has 7 atom stereocenters. The number of rotatable bonds is 45. The van der Waals surface area contributed by atoms with E-state index in [1.54, 1.807) is 21.6 Å². The summed E-state index contributed by atoms with van der Waals surface area (Å²) < 4.78 is 90.3. The van der Waals surface area contributed by atoms with E-state index in [-0.39, 0.29) is 78.9 Å². The van der Waals surface area contributed by atoms with Crippen LogP contribution in [0.5, 0.6) is 0 Å². The Morgan fingerprint density at radius 3 is 2.32 bits per heavy atom. The molecule has 2 aromatic carbocycles. The number of benzene rings is 2. The summed E-state index contributed by atoms with van der Waals surface area (Å²) in [5.74, 6) is 6.00. The van der Waals surface area contributed by atoms with E-state index < -0.39 is 82.0 Å². The zero-order chi connectivity index (χ0) is 77.3. The fraction of sp³-hybridized carbons (Fsp3) is 0.586. The number of nitrogens with two attached hydrogens (primary N) is 1. The number of allylic oxidation sites excluding steroid dienone is 6. The summed E-state index contributed by atoms with van der Waals surface area (Å²) in [5, 5.41) is 11.2. The molecule has 0 aliphatic carbocycles. The smallest absolute Gasteiger partial charge is 0.466 e. The summed E-state index contributed by atoms with van der Waals surface area (Å²) in [7, 11) is -14.4. The van der Waals surface area contributed by atoms with Gasteiger partial charge in [0.15, 0.2) is 18.0 Å². The van der Waals surface area contributed by atoms with Gasteiger partial charge in [-0.2, -0.15) is 13.2 Å². The van der Waals surface area contributed by atoms with Gasteiger partial charge in [0.05, 0.1) is 81.9 Å². The van der Waals surface area contributed by atoms with Crippen LogP contribution < -0.4 is 26.6 Å². The Kier molecular flexibility index (Phi) is 34.6. The summed E-state index contributed by atoms with van der Waals surface area (Å²) in [6.45, 7) is 23.4. The third-order valence-corrected chi connectivity index (χ3v) is 26.4. The maximum atomic E-state index is 13.3. The second-order valence-electron chi connectivity index (χ2n) is 26.9. The number of likely N-dealkylation sites (N-methyl/N-ethyl adjacent to an activating group) is 1. The average molecular weight is 1610 g/mol. The molecule has 5 aliphatic rings. The molecule has 0 aromatic heterocycles. The molecule has 36 heteroatoms. The zero-order valence-corrected chi connectivity index (χ0v) is 67.6. The van der Waals surface area contributed by atoms with Crippen molar-refractivity contribution in [1.29, 1.82) is 0 Å². The molecule has 5 aliphatic heterocycles. The minimum Gasteiger partial charge on any atom is -0.466 e. The van der Waals surface area contributed by atoms with E-state index in [9.17, 15) is 42.7 Å². The molecule has 588 valence electrons. The molecule has 106 heavy (non-hydrogen) atoms. The number of hydrogen-bond acceptors (Lipinski definition) is 24. The number of para-hydroxylation sites is 1. The first-order valence-corrected chi connectivity index (χ1v) is 44.6. The number of nitrogens with one attached hydrogen (secondary N) is 3. The molecule has 3 amide bonds. The van der Waals surface area contributed by atoms with Gasteiger partial charge >= 0.3 is 35.5 Å². The summed E-state index contributed by atoms with van der Waals surface area (Å²) in [6.07, 6.45) is 15.5. The highest BCUT2D eigenvalue weighted by Gasteiger charge is 2.49. The normalized spacial score (nSPS) is 20.7. The summed E-state index contributed by atoms with van der Waals surface area (Å²) in [5.41, 5.74) is 15.1. The van der Waals surface area contributed by atoms with Crippen molar-refractivity contribution in [2.45, 2.75) is 167 Å². The lowest BCUT2D eigenvalue weighted by Gasteiger charge is -2.37. The van der Waals surface area contributed by atoms with Crippen LogP contribution in [0.2, 0.25) is 0 Å². The quantitative estimate of drug-likeness (QED) is 0.00446. The van der Waals surface area contributed by atoms with E-state index in [4.69, 9.17) is 64.4 Å². The van der Waals surface area contributed by atoms with Crippen LogP contribution >= 0.6 is 45.1 Å². The van der Waals surface area contributed by atoms with Gasteiger partial charge in [-0.3, -0.25) is 28.9 Å². The fourth-order valence-electron chi connectivity index (χ4n) is 12.2. The maximum absolute atomic E-state index is 13.3. The minimum absolute atomic E-state index is 0.00106. The number of nitrogens with zero attached hydrogens (tertiary/aromatic N) is 4. The molecule has 1 saturated heterocycles. The molecule has 1 fully saturated rings. The van der Waals surface area contributed by atoms with Gasteiger partial charge in [-0.05, 0) is 114 Å². The van der Waals surface area contributed by atoms with Gasteiger partial charge in [-0.25, -0.2) is 18.5 Å². The van der Waals surface area contributed by atoms with Gasteiger partial charge in [-0.15, -0.1) is 0 Å². The van der Waals surface area contributed by atoms with Crippen LogP contribution in [0, 0.1) is 18.8 Å². The van der Waals surface area contributed by atoms with Crippen LogP contribution in [0.25, 0.3) is 0 Å². The molecule has 29 nitrogen and oxygen atoms in total. The van der Waals surface area contributed by atoms with Crippen LogP contribution in [0.4, 0.5) is 16.2 Å². The van der Waals surface area contributed by atoms with Crippen LogP contribution in [0.1, 0.15) is 136 Å². The third kappa shape index (κ3) is 27.3. The number of carbonyl (C=O) groups excluding carboxylic acids is 4. The number of phosphoric ester groups is 1. The van der Waals surface area contributed by atoms with Gasteiger partial charge in [0, 0.05) is 97.4 Å². The number of hydrazine groups is 1. The van der Waals surface area contributed by atoms with Gasteiger partial charge in [-0.1, -0.05) is 112 Å². The number of amides is 3. The standard InChI is InChI=1S/C70H103N8O21P3S4/c1-10-75-55-26-19-18-25-53(55)69(6,7)59(75)27-14-12-15-28-60-70(8,9)54-44-51(3)31-32-56(54)76(60)36-21-13-16-29-62(79)72-34-40-90-42-43-91-41-35-73-67(82)94-39-33-68(4,5)105-104-49-92-37-22-23-38-93-64(80)30-20-17-24-52-46-77(78-47-61(71)74-66(81)65(52)78)63-45-57(95-50-106(103)11-2)58(97-63)48-96-101(86,87)99-102(88,89)98-100(83,84)85/h12,14-15,18-19,25-28,31-32,44,46-47,57-58,63,65H,10-11,13,16,20-23,29-30,33-43,45,48-50,71H2,1-9H3,(H6-,72,73,74,79,81,82,83,84,85,86,87,88,89)/p+1/t57-,58+,63+,65?,106?/m0/s1. The number of anilines is 1. The monoisotopic (exact) mass is 1610 g/mol. The highest BCUT2D eigenvalue weighted by molar-refractivity contribution is 8.77. The highest BCUT2D eigenvalue weighted by Crippen LogP contribution is 2.66. The van der Waals surface area contributed by atoms with Gasteiger partial charge in [0.25, 0.3) is 5.91 Å². The van der Waals surface area contributed by atoms with Crippen molar-refractivity contribution in [2.24, 2.45) is 5.73 Å². The zero-order valence-electron chi connectivity index (χ0n) is 61.6. The van der Waals surface area contributed by atoms with Crippen LogP contribution in [-0.4, -0.2) is 190 Å². The van der Waals surface area contributed by atoms with Crippen molar-refractivity contribution in [3.05, 3.63) is 119 Å².